The van der Waals surface area contributed by atoms with E-state index in [1.807, 2.05) is 49.4 Å². The van der Waals surface area contributed by atoms with Crippen LogP contribution >= 0.6 is 11.8 Å². The van der Waals surface area contributed by atoms with E-state index in [0.29, 0.717) is 16.6 Å². The zero-order valence-electron chi connectivity index (χ0n) is 16.5. The monoisotopic (exact) mass is 423 g/mol. The van der Waals surface area contributed by atoms with Crippen molar-refractivity contribution in [3.05, 3.63) is 66.5 Å². The van der Waals surface area contributed by atoms with Crippen LogP contribution in [-0.4, -0.2) is 40.9 Å². The third-order valence-electron chi connectivity index (χ3n) is 4.63. The fourth-order valence-corrected chi connectivity index (χ4v) is 3.82. The van der Waals surface area contributed by atoms with Crippen LogP contribution in [0.25, 0.3) is 0 Å². The number of thioether (sulfide) groups is 1. The normalized spacial score (nSPS) is 17.3. The summed E-state index contributed by atoms with van der Waals surface area (Å²) in [6.07, 6.45) is 2.81. The van der Waals surface area contributed by atoms with Crippen molar-refractivity contribution in [1.29, 1.82) is 0 Å². The summed E-state index contributed by atoms with van der Waals surface area (Å²) in [5.74, 6) is 0.538. The summed E-state index contributed by atoms with van der Waals surface area (Å²) in [5, 5.41) is 7.65. The molecule has 0 aromatic heterocycles. The quantitative estimate of drug-likeness (QED) is 0.769. The van der Waals surface area contributed by atoms with Crippen molar-refractivity contribution < 1.29 is 14.3 Å². The highest BCUT2D eigenvalue weighted by molar-refractivity contribution is 8.14. The molecule has 0 spiro atoms. The zero-order valence-corrected chi connectivity index (χ0v) is 17.3. The van der Waals surface area contributed by atoms with Crippen molar-refractivity contribution in [2.45, 2.75) is 13.1 Å². The van der Waals surface area contributed by atoms with E-state index in [2.05, 4.69) is 15.8 Å². The number of amides is 2. The molecule has 4 rings (SSSR count). The van der Waals surface area contributed by atoms with Gasteiger partial charge in [-0.15, -0.1) is 0 Å². The van der Waals surface area contributed by atoms with Crippen LogP contribution in [-0.2, 0) is 9.59 Å². The third kappa shape index (κ3) is 4.11. The second-order valence-electron chi connectivity index (χ2n) is 6.74. The molecule has 0 saturated carbocycles. The number of rotatable bonds is 5. The van der Waals surface area contributed by atoms with Crippen LogP contribution in [0.4, 0.5) is 11.4 Å². The van der Waals surface area contributed by atoms with Crippen LogP contribution < -0.4 is 20.4 Å². The van der Waals surface area contributed by atoms with Gasteiger partial charge in [0.2, 0.25) is 12.1 Å². The lowest BCUT2D eigenvalue weighted by molar-refractivity contribution is -0.122. The lowest BCUT2D eigenvalue weighted by atomic mass is 10.2. The molecule has 2 aliphatic heterocycles. The van der Waals surface area contributed by atoms with Gasteiger partial charge in [0.05, 0.1) is 18.6 Å². The molecular weight excluding hydrogens is 402 g/mol. The van der Waals surface area contributed by atoms with Gasteiger partial charge in [0.1, 0.15) is 5.75 Å². The smallest absolute Gasteiger partial charge is 0.276 e. The number of hydrazone groups is 1. The molecule has 1 atom stereocenters. The minimum atomic E-state index is -0.649. The minimum absolute atomic E-state index is 0.139. The fourth-order valence-electron chi connectivity index (χ4n) is 3.06. The van der Waals surface area contributed by atoms with Gasteiger partial charge in [0.15, 0.2) is 5.17 Å². The lowest BCUT2D eigenvalue weighted by Crippen LogP contribution is -2.52. The Hall–Kier alpha value is -3.46. The maximum atomic E-state index is 12.9. The summed E-state index contributed by atoms with van der Waals surface area (Å²) in [7, 11) is 1.58. The molecule has 2 amide bonds. The summed E-state index contributed by atoms with van der Waals surface area (Å²) >= 11 is 1.26. The van der Waals surface area contributed by atoms with Gasteiger partial charge in [-0.1, -0.05) is 35.5 Å². The van der Waals surface area contributed by atoms with Crippen molar-refractivity contribution in [3.8, 4) is 5.75 Å². The summed E-state index contributed by atoms with van der Waals surface area (Å²) < 4.78 is 5.24. The Balaban J connectivity index is 1.38. The molecule has 2 heterocycles. The molecule has 9 heteroatoms. The van der Waals surface area contributed by atoms with E-state index in [1.54, 1.807) is 35.4 Å². The standard InChI is InChI=1S/C21H21N5O3S/c1-14-6-8-15(9-7-14)22-18(27)13-30-21-24-23-19-20(28)25(10-11-26(19)21)16-4-3-5-17(12-16)29-2/h3-12,19,23H,13H2,1-2H3,(H,22,27). The number of hydrogen-bond donors (Lipinski definition) is 2. The number of carbonyl (C=O) groups excluding carboxylic acids is 2. The number of carbonyl (C=O) groups is 2. The molecule has 0 fully saturated rings. The highest BCUT2D eigenvalue weighted by atomic mass is 32.2. The number of fused-ring (bicyclic) bond motifs is 1. The first-order valence-corrected chi connectivity index (χ1v) is 10.3. The molecule has 2 aromatic carbocycles. The van der Waals surface area contributed by atoms with Gasteiger partial charge in [-0.3, -0.25) is 24.8 Å². The summed E-state index contributed by atoms with van der Waals surface area (Å²) in [5.41, 5.74) is 5.44. The number of nitrogens with one attached hydrogen (secondary N) is 2. The van der Waals surface area contributed by atoms with E-state index in [-0.39, 0.29) is 17.6 Å². The predicted molar refractivity (Wildman–Crippen MR) is 118 cm³/mol. The first-order valence-electron chi connectivity index (χ1n) is 9.31. The van der Waals surface area contributed by atoms with Gasteiger partial charge in [-0.25, -0.2) is 0 Å². The van der Waals surface area contributed by atoms with Gasteiger partial charge >= 0.3 is 0 Å². The Labute approximate surface area is 178 Å². The maximum absolute atomic E-state index is 12.9. The second-order valence-corrected chi connectivity index (χ2v) is 7.69. The van der Waals surface area contributed by atoms with Gasteiger partial charge < -0.3 is 10.1 Å². The summed E-state index contributed by atoms with van der Waals surface area (Å²) in [4.78, 5) is 28.4. The topological polar surface area (TPSA) is 86.3 Å². The highest BCUT2D eigenvalue weighted by Crippen LogP contribution is 2.27. The Morgan fingerprint density at radius 2 is 2.03 bits per heavy atom. The molecule has 2 aliphatic rings. The molecule has 0 saturated heterocycles. The number of aryl methyl sites for hydroxylation is 1. The second kappa shape index (κ2) is 8.50. The van der Waals surface area contributed by atoms with Crippen molar-refractivity contribution in [3.63, 3.8) is 0 Å². The SMILES string of the molecule is COc1cccc(N2C=CN3C(SCC(=O)Nc4ccc(C)cc4)=NNC3C2=O)c1. The van der Waals surface area contributed by atoms with E-state index in [0.717, 1.165) is 11.3 Å². The van der Waals surface area contributed by atoms with Crippen LogP contribution in [0.3, 0.4) is 0 Å². The van der Waals surface area contributed by atoms with Crippen LogP contribution in [0.1, 0.15) is 5.56 Å². The van der Waals surface area contributed by atoms with Gasteiger partial charge in [-0.2, -0.15) is 5.10 Å². The number of ether oxygens (including phenoxy) is 1. The molecule has 154 valence electrons. The van der Waals surface area contributed by atoms with E-state index >= 15 is 0 Å². The number of benzene rings is 2. The maximum Gasteiger partial charge on any atom is 0.276 e. The number of methoxy groups -OCH3 is 1. The first-order chi connectivity index (χ1) is 14.5. The van der Waals surface area contributed by atoms with Crippen molar-refractivity contribution in [1.82, 2.24) is 10.3 Å². The Bertz CT molecular complexity index is 1020. The van der Waals surface area contributed by atoms with Crippen LogP contribution in [0.15, 0.2) is 66.0 Å². The minimum Gasteiger partial charge on any atom is -0.497 e. The van der Waals surface area contributed by atoms with Crippen LogP contribution in [0, 0.1) is 6.92 Å². The molecular formula is C21H21N5O3S. The molecule has 2 N–H and O–H groups in total. The molecule has 8 nitrogen and oxygen atoms in total. The van der Waals surface area contributed by atoms with Crippen molar-refractivity contribution >= 4 is 40.1 Å². The molecule has 1 unspecified atom stereocenters. The molecule has 0 bridgehead atoms. The summed E-state index contributed by atoms with van der Waals surface area (Å²) in [6.45, 7) is 1.99. The van der Waals surface area contributed by atoms with Gasteiger partial charge in [-0.05, 0) is 31.2 Å². The molecule has 0 radical (unpaired) electrons. The summed E-state index contributed by atoms with van der Waals surface area (Å²) in [6, 6.07) is 14.9. The number of hydrogen-bond acceptors (Lipinski definition) is 7. The number of amidine groups is 1. The highest BCUT2D eigenvalue weighted by Gasteiger charge is 2.38. The molecule has 0 aliphatic carbocycles. The predicted octanol–water partition coefficient (Wildman–Crippen LogP) is 2.70. The Morgan fingerprint density at radius 1 is 1.23 bits per heavy atom. The average molecular weight is 423 g/mol. The third-order valence-corrected chi connectivity index (χ3v) is 5.60. The Morgan fingerprint density at radius 3 is 2.80 bits per heavy atom. The molecule has 2 aromatic rings. The number of anilines is 2. The lowest BCUT2D eigenvalue weighted by Gasteiger charge is -2.32. The molecule has 30 heavy (non-hydrogen) atoms. The van der Waals surface area contributed by atoms with Crippen LogP contribution in [0.5, 0.6) is 5.75 Å². The van der Waals surface area contributed by atoms with Gasteiger partial charge in [0, 0.05) is 24.2 Å². The van der Waals surface area contributed by atoms with E-state index in [4.69, 9.17) is 4.74 Å². The average Bonchev–Trinajstić information content (AvgIpc) is 3.18. The largest absolute Gasteiger partial charge is 0.497 e. The van der Waals surface area contributed by atoms with Crippen molar-refractivity contribution in [2.24, 2.45) is 5.10 Å². The van der Waals surface area contributed by atoms with E-state index < -0.39 is 6.17 Å². The number of nitrogens with zero attached hydrogens (tertiary/aromatic N) is 3. The van der Waals surface area contributed by atoms with E-state index in [9.17, 15) is 9.59 Å². The zero-order chi connectivity index (χ0) is 21.1. The fraction of sp³-hybridized carbons (Fsp3) is 0.190. The first kappa shape index (κ1) is 19.8. The Kier molecular flexibility index (Phi) is 5.62. The van der Waals surface area contributed by atoms with Crippen molar-refractivity contribution in [2.75, 3.05) is 23.1 Å². The van der Waals surface area contributed by atoms with Crippen LogP contribution in [0.2, 0.25) is 0 Å². The van der Waals surface area contributed by atoms with E-state index in [1.165, 1.54) is 11.8 Å². The van der Waals surface area contributed by atoms with Gasteiger partial charge in [0.25, 0.3) is 5.91 Å².